The maximum absolute atomic E-state index is 11.7. The highest BCUT2D eigenvalue weighted by molar-refractivity contribution is 7.17. The van der Waals surface area contributed by atoms with Crippen molar-refractivity contribution in [2.75, 3.05) is 4.90 Å². The number of carbonyl (C=O) groups excluding carboxylic acids is 1. The second kappa shape index (κ2) is 7.70. The third kappa shape index (κ3) is 3.55. The zero-order valence-corrected chi connectivity index (χ0v) is 17.5. The molecule has 0 bridgehead atoms. The summed E-state index contributed by atoms with van der Waals surface area (Å²) in [5.41, 5.74) is 3.39. The van der Waals surface area contributed by atoms with Crippen molar-refractivity contribution in [1.82, 2.24) is 14.6 Å². The van der Waals surface area contributed by atoms with Crippen molar-refractivity contribution in [3.8, 4) is 16.2 Å². The van der Waals surface area contributed by atoms with Gasteiger partial charge in [-0.05, 0) is 61.5 Å². The number of phenols is 1. The molecule has 152 valence electrons. The first kappa shape index (κ1) is 19.0. The number of hydrogen-bond donors (Lipinski definition) is 1. The molecule has 6 nitrogen and oxygen atoms in total. The number of para-hydroxylation sites is 1. The Balaban J connectivity index is 1.66. The molecule has 7 heteroatoms. The second-order valence-corrected chi connectivity index (χ2v) is 8.10. The Kier molecular flexibility index (Phi) is 4.72. The van der Waals surface area contributed by atoms with E-state index in [0.29, 0.717) is 10.5 Å². The van der Waals surface area contributed by atoms with E-state index in [-0.39, 0.29) is 11.5 Å². The summed E-state index contributed by atoms with van der Waals surface area (Å²) >= 11 is 1.44. The summed E-state index contributed by atoms with van der Waals surface area (Å²) in [5, 5.41) is 14.2. The van der Waals surface area contributed by atoms with Gasteiger partial charge in [0, 0.05) is 22.4 Å². The lowest BCUT2D eigenvalue weighted by Gasteiger charge is -2.24. The Labute approximate surface area is 182 Å². The maximum atomic E-state index is 11.7. The first-order valence-electron chi connectivity index (χ1n) is 9.70. The lowest BCUT2D eigenvalue weighted by Crippen LogP contribution is -2.12. The minimum Gasteiger partial charge on any atom is -0.508 e. The van der Waals surface area contributed by atoms with E-state index >= 15 is 0 Å². The summed E-state index contributed by atoms with van der Waals surface area (Å²) in [6.07, 6.45) is 3.65. The standard InChI is InChI=1S/C24H18N4O2S/c1-16(29)21-11-12-22(31-21)20-15-25-27-14-13-23(26-24(20)27)28(17-5-3-2-4-6-17)18-7-9-19(30)10-8-18/h2-15,30H,1H3. The molecule has 0 aliphatic carbocycles. The molecule has 3 aromatic heterocycles. The topological polar surface area (TPSA) is 70.7 Å². The van der Waals surface area contributed by atoms with Gasteiger partial charge in [0.15, 0.2) is 11.4 Å². The number of phenolic OH excluding ortho intramolecular Hbond substituents is 1. The summed E-state index contributed by atoms with van der Waals surface area (Å²) < 4.78 is 1.73. The van der Waals surface area contributed by atoms with Gasteiger partial charge in [-0.25, -0.2) is 9.50 Å². The predicted octanol–water partition coefficient (Wildman–Crippen LogP) is 5.84. The van der Waals surface area contributed by atoms with Crippen LogP contribution < -0.4 is 4.90 Å². The zero-order chi connectivity index (χ0) is 21.4. The van der Waals surface area contributed by atoms with Crippen molar-refractivity contribution in [3.63, 3.8) is 0 Å². The highest BCUT2D eigenvalue weighted by Gasteiger charge is 2.17. The Morgan fingerprint density at radius 2 is 1.71 bits per heavy atom. The number of aromatic nitrogens is 3. The monoisotopic (exact) mass is 426 g/mol. The number of anilines is 3. The normalized spacial score (nSPS) is 11.0. The van der Waals surface area contributed by atoms with Gasteiger partial charge in [-0.3, -0.25) is 9.69 Å². The Hall–Kier alpha value is -3.97. The van der Waals surface area contributed by atoms with Crippen LogP contribution in [0.2, 0.25) is 0 Å². The van der Waals surface area contributed by atoms with Gasteiger partial charge in [0.25, 0.3) is 0 Å². The van der Waals surface area contributed by atoms with E-state index < -0.39 is 0 Å². The summed E-state index contributed by atoms with van der Waals surface area (Å²) in [5.74, 6) is 0.968. The molecule has 0 unspecified atom stereocenters. The number of rotatable bonds is 5. The van der Waals surface area contributed by atoms with Crippen LogP contribution >= 0.6 is 11.3 Å². The van der Waals surface area contributed by atoms with Crippen molar-refractivity contribution in [2.24, 2.45) is 0 Å². The van der Waals surface area contributed by atoms with Crippen LogP contribution in [0, 0.1) is 0 Å². The van der Waals surface area contributed by atoms with E-state index in [4.69, 9.17) is 4.98 Å². The molecule has 5 aromatic rings. The molecule has 0 saturated carbocycles. The molecule has 0 spiro atoms. The van der Waals surface area contributed by atoms with Crippen LogP contribution in [0.15, 0.2) is 85.2 Å². The van der Waals surface area contributed by atoms with Crippen molar-refractivity contribution in [1.29, 1.82) is 0 Å². The summed E-state index contributed by atoms with van der Waals surface area (Å²) in [7, 11) is 0. The van der Waals surface area contributed by atoms with Crippen LogP contribution in [-0.2, 0) is 0 Å². The number of benzene rings is 2. The van der Waals surface area contributed by atoms with Gasteiger partial charge in [0.2, 0.25) is 0 Å². The highest BCUT2D eigenvalue weighted by atomic mass is 32.1. The third-order valence-electron chi connectivity index (χ3n) is 4.92. The number of fused-ring (bicyclic) bond motifs is 1. The van der Waals surface area contributed by atoms with Gasteiger partial charge in [-0.15, -0.1) is 11.3 Å². The molecule has 2 aromatic carbocycles. The van der Waals surface area contributed by atoms with Crippen LogP contribution in [0.3, 0.4) is 0 Å². The smallest absolute Gasteiger partial charge is 0.169 e. The van der Waals surface area contributed by atoms with Crippen LogP contribution in [-0.4, -0.2) is 25.5 Å². The van der Waals surface area contributed by atoms with E-state index in [2.05, 4.69) is 5.10 Å². The molecule has 3 heterocycles. The van der Waals surface area contributed by atoms with E-state index in [0.717, 1.165) is 27.6 Å². The van der Waals surface area contributed by atoms with Gasteiger partial charge in [0.05, 0.1) is 16.6 Å². The minimum atomic E-state index is 0.0453. The fourth-order valence-corrected chi connectivity index (χ4v) is 4.33. The summed E-state index contributed by atoms with van der Waals surface area (Å²) in [6.45, 7) is 1.57. The van der Waals surface area contributed by atoms with Gasteiger partial charge in [0.1, 0.15) is 11.6 Å². The molecule has 0 saturated heterocycles. The molecular formula is C24H18N4O2S. The molecule has 0 aliphatic heterocycles. The quantitative estimate of drug-likeness (QED) is 0.358. The molecule has 0 radical (unpaired) electrons. The largest absolute Gasteiger partial charge is 0.508 e. The van der Waals surface area contributed by atoms with Crippen LogP contribution in [0.5, 0.6) is 5.75 Å². The van der Waals surface area contributed by atoms with Crippen LogP contribution in [0.1, 0.15) is 16.6 Å². The van der Waals surface area contributed by atoms with E-state index in [1.165, 1.54) is 11.3 Å². The summed E-state index contributed by atoms with van der Waals surface area (Å²) in [6, 6.07) is 22.6. The maximum Gasteiger partial charge on any atom is 0.169 e. The molecule has 0 atom stereocenters. The van der Waals surface area contributed by atoms with Crippen molar-refractivity contribution in [3.05, 3.63) is 90.1 Å². The van der Waals surface area contributed by atoms with E-state index in [1.807, 2.05) is 71.8 Å². The second-order valence-electron chi connectivity index (χ2n) is 7.02. The first-order valence-corrected chi connectivity index (χ1v) is 10.5. The van der Waals surface area contributed by atoms with Gasteiger partial charge in [-0.1, -0.05) is 18.2 Å². The lowest BCUT2D eigenvalue weighted by atomic mass is 10.2. The average Bonchev–Trinajstić information content (AvgIpc) is 3.43. The van der Waals surface area contributed by atoms with Gasteiger partial charge >= 0.3 is 0 Å². The number of nitrogens with zero attached hydrogens (tertiary/aromatic N) is 4. The molecule has 31 heavy (non-hydrogen) atoms. The van der Waals surface area contributed by atoms with E-state index in [1.54, 1.807) is 29.8 Å². The minimum absolute atomic E-state index is 0.0453. The first-order chi connectivity index (χ1) is 15.1. The number of aromatic hydroxyl groups is 1. The van der Waals surface area contributed by atoms with Gasteiger partial charge < -0.3 is 5.11 Å². The number of Topliss-reactive ketones (excluding diaryl/α,β-unsaturated/α-hetero) is 1. The summed E-state index contributed by atoms with van der Waals surface area (Å²) in [4.78, 5) is 20.3. The number of thiophene rings is 1. The molecule has 0 amide bonds. The molecule has 1 N–H and O–H groups in total. The van der Waals surface area contributed by atoms with Crippen LogP contribution in [0.25, 0.3) is 16.1 Å². The van der Waals surface area contributed by atoms with Crippen molar-refractivity contribution < 1.29 is 9.90 Å². The highest BCUT2D eigenvalue weighted by Crippen LogP contribution is 2.36. The molecular weight excluding hydrogens is 408 g/mol. The SMILES string of the molecule is CC(=O)c1ccc(-c2cnn3ccc(N(c4ccccc4)c4ccc(O)cc4)nc23)s1. The third-order valence-corrected chi connectivity index (χ3v) is 6.14. The average molecular weight is 427 g/mol. The Bertz CT molecular complexity index is 1370. The Morgan fingerprint density at radius 3 is 2.42 bits per heavy atom. The number of hydrogen-bond acceptors (Lipinski definition) is 6. The number of ketones is 1. The zero-order valence-electron chi connectivity index (χ0n) is 16.6. The fraction of sp³-hybridized carbons (Fsp3) is 0.0417. The fourth-order valence-electron chi connectivity index (χ4n) is 3.42. The molecule has 5 rings (SSSR count). The molecule has 0 aliphatic rings. The van der Waals surface area contributed by atoms with E-state index in [9.17, 15) is 9.90 Å². The number of carbonyl (C=O) groups is 1. The predicted molar refractivity (Wildman–Crippen MR) is 123 cm³/mol. The van der Waals surface area contributed by atoms with Crippen molar-refractivity contribution in [2.45, 2.75) is 6.92 Å². The van der Waals surface area contributed by atoms with Crippen molar-refractivity contribution >= 4 is 40.0 Å². The van der Waals surface area contributed by atoms with Gasteiger partial charge in [-0.2, -0.15) is 5.10 Å². The Morgan fingerprint density at radius 1 is 0.968 bits per heavy atom. The lowest BCUT2D eigenvalue weighted by molar-refractivity contribution is 0.102. The van der Waals surface area contributed by atoms with Crippen LogP contribution in [0.4, 0.5) is 17.2 Å². The molecule has 0 fully saturated rings.